The van der Waals surface area contributed by atoms with Crippen molar-refractivity contribution in [3.8, 4) is 5.75 Å². The molecule has 0 unspecified atom stereocenters. The summed E-state index contributed by atoms with van der Waals surface area (Å²) < 4.78 is 18.9. The summed E-state index contributed by atoms with van der Waals surface area (Å²) in [7, 11) is 1.47. The molecule has 0 atom stereocenters. The number of rotatable bonds is 2. The van der Waals surface area contributed by atoms with Crippen LogP contribution in [0.4, 0.5) is 4.39 Å². The van der Waals surface area contributed by atoms with Crippen LogP contribution in [0.15, 0.2) is 18.2 Å². The van der Waals surface area contributed by atoms with Gasteiger partial charge in [0.15, 0.2) is 11.6 Å². The molecule has 82 valence electrons. The van der Waals surface area contributed by atoms with Crippen LogP contribution >= 0.6 is 0 Å². The lowest BCUT2D eigenvalue weighted by Gasteiger charge is -2.25. The summed E-state index contributed by atoms with van der Waals surface area (Å²) in [5, 5.41) is 0. The topological polar surface area (TPSA) is 35.2 Å². The fraction of sp³-hybridized carbons (Fsp3) is 0.500. The van der Waals surface area contributed by atoms with E-state index in [2.05, 4.69) is 0 Å². The number of hydrogen-bond acceptors (Lipinski definition) is 2. The molecule has 0 amide bonds. The second-order valence-corrected chi connectivity index (χ2v) is 4.19. The van der Waals surface area contributed by atoms with Crippen LogP contribution in [-0.2, 0) is 5.54 Å². The first-order chi connectivity index (χ1) is 7.17. The van der Waals surface area contributed by atoms with E-state index >= 15 is 0 Å². The third kappa shape index (κ3) is 1.72. The van der Waals surface area contributed by atoms with Crippen molar-refractivity contribution in [2.75, 3.05) is 7.11 Å². The van der Waals surface area contributed by atoms with Gasteiger partial charge in [0.1, 0.15) is 0 Å². The smallest absolute Gasteiger partial charge is 0.170 e. The van der Waals surface area contributed by atoms with Crippen LogP contribution in [0, 0.1) is 5.82 Å². The Bertz CT molecular complexity index is 359. The second-order valence-electron chi connectivity index (χ2n) is 4.19. The highest BCUT2D eigenvalue weighted by atomic mass is 19.1. The molecule has 0 heterocycles. The molecule has 0 radical (unpaired) electrons. The van der Waals surface area contributed by atoms with Crippen molar-refractivity contribution in [2.45, 2.75) is 31.2 Å². The Morgan fingerprint density at radius 2 is 2.00 bits per heavy atom. The summed E-state index contributed by atoms with van der Waals surface area (Å²) in [4.78, 5) is 0. The van der Waals surface area contributed by atoms with Crippen LogP contribution in [-0.4, -0.2) is 7.11 Å². The van der Waals surface area contributed by atoms with Crippen molar-refractivity contribution < 1.29 is 9.13 Å². The normalized spacial score (nSPS) is 19.1. The van der Waals surface area contributed by atoms with Gasteiger partial charge in [-0.1, -0.05) is 25.0 Å². The van der Waals surface area contributed by atoms with Gasteiger partial charge in [0.2, 0.25) is 0 Å². The molecule has 0 aromatic heterocycles. The van der Waals surface area contributed by atoms with Gasteiger partial charge in [-0.25, -0.2) is 4.39 Å². The number of methoxy groups -OCH3 is 1. The molecular weight excluding hydrogens is 193 g/mol. The molecule has 0 bridgehead atoms. The highest BCUT2D eigenvalue weighted by molar-refractivity contribution is 5.36. The van der Waals surface area contributed by atoms with Gasteiger partial charge in [-0.2, -0.15) is 0 Å². The molecule has 15 heavy (non-hydrogen) atoms. The molecule has 1 aliphatic rings. The van der Waals surface area contributed by atoms with Crippen molar-refractivity contribution in [2.24, 2.45) is 5.73 Å². The molecule has 0 saturated heterocycles. The van der Waals surface area contributed by atoms with E-state index in [1.54, 1.807) is 18.2 Å². The lowest BCUT2D eigenvalue weighted by molar-refractivity contribution is 0.368. The first-order valence-corrected chi connectivity index (χ1v) is 5.29. The minimum absolute atomic E-state index is 0.282. The second kappa shape index (κ2) is 3.81. The highest BCUT2D eigenvalue weighted by Crippen LogP contribution is 2.39. The third-order valence-electron chi connectivity index (χ3n) is 3.22. The number of nitrogens with two attached hydrogens (primary N) is 1. The van der Waals surface area contributed by atoms with Crippen molar-refractivity contribution in [3.05, 3.63) is 29.6 Å². The lowest BCUT2D eigenvalue weighted by Crippen LogP contribution is -2.34. The monoisotopic (exact) mass is 209 g/mol. The van der Waals surface area contributed by atoms with Gasteiger partial charge >= 0.3 is 0 Å². The van der Waals surface area contributed by atoms with E-state index in [0.29, 0.717) is 5.56 Å². The standard InChI is InChI=1S/C12H16FNO/c1-15-10-6-4-5-9(11(10)13)12(14)7-2-3-8-12/h4-6H,2-3,7-8,14H2,1H3. The highest BCUT2D eigenvalue weighted by Gasteiger charge is 2.34. The first kappa shape index (κ1) is 10.4. The van der Waals surface area contributed by atoms with Crippen molar-refractivity contribution in [3.63, 3.8) is 0 Å². The zero-order valence-electron chi connectivity index (χ0n) is 8.92. The largest absolute Gasteiger partial charge is 0.494 e. The van der Waals surface area contributed by atoms with E-state index in [4.69, 9.17) is 10.5 Å². The molecule has 2 nitrogen and oxygen atoms in total. The average molecular weight is 209 g/mol. The Labute approximate surface area is 89.2 Å². The van der Waals surface area contributed by atoms with E-state index in [1.807, 2.05) is 0 Å². The van der Waals surface area contributed by atoms with Gasteiger partial charge in [0.05, 0.1) is 7.11 Å². The van der Waals surface area contributed by atoms with Gasteiger partial charge in [0.25, 0.3) is 0 Å². The van der Waals surface area contributed by atoms with Gasteiger partial charge in [0, 0.05) is 11.1 Å². The fourth-order valence-electron chi connectivity index (χ4n) is 2.33. The molecule has 0 aliphatic heterocycles. The van der Waals surface area contributed by atoms with Crippen LogP contribution in [0.2, 0.25) is 0 Å². The molecule has 1 aliphatic carbocycles. The minimum atomic E-state index is -0.487. The summed E-state index contributed by atoms with van der Waals surface area (Å²) in [6.07, 6.45) is 3.87. The van der Waals surface area contributed by atoms with Crippen LogP contribution in [0.5, 0.6) is 5.75 Å². The van der Waals surface area contributed by atoms with E-state index < -0.39 is 5.54 Å². The van der Waals surface area contributed by atoms with Gasteiger partial charge in [-0.15, -0.1) is 0 Å². The summed E-state index contributed by atoms with van der Waals surface area (Å²) >= 11 is 0. The summed E-state index contributed by atoms with van der Waals surface area (Å²) in [5.41, 5.74) is 6.32. The SMILES string of the molecule is COc1cccc(C2(N)CCCC2)c1F. The Balaban J connectivity index is 2.43. The number of ether oxygens (including phenoxy) is 1. The van der Waals surface area contributed by atoms with Crippen LogP contribution in [0.25, 0.3) is 0 Å². The van der Waals surface area contributed by atoms with Crippen molar-refractivity contribution in [1.82, 2.24) is 0 Å². The van der Waals surface area contributed by atoms with E-state index in [1.165, 1.54) is 7.11 Å². The Morgan fingerprint density at radius 3 is 2.60 bits per heavy atom. The zero-order valence-corrected chi connectivity index (χ0v) is 8.92. The quantitative estimate of drug-likeness (QED) is 0.812. The van der Waals surface area contributed by atoms with E-state index in [9.17, 15) is 4.39 Å². The van der Waals surface area contributed by atoms with E-state index in [-0.39, 0.29) is 11.6 Å². The maximum atomic E-state index is 14.0. The van der Waals surface area contributed by atoms with Crippen LogP contribution in [0.3, 0.4) is 0 Å². The maximum absolute atomic E-state index is 14.0. The first-order valence-electron chi connectivity index (χ1n) is 5.29. The fourth-order valence-corrected chi connectivity index (χ4v) is 2.33. The number of halogens is 1. The van der Waals surface area contributed by atoms with Gasteiger partial charge < -0.3 is 10.5 Å². The maximum Gasteiger partial charge on any atom is 0.170 e. The Morgan fingerprint density at radius 1 is 1.33 bits per heavy atom. The molecule has 2 rings (SSSR count). The Kier molecular flexibility index (Phi) is 2.65. The lowest BCUT2D eigenvalue weighted by atomic mass is 9.89. The van der Waals surface area contributed by atoms with Gasteiger partial charge in [-0.3, -0.25) is 0 Å². The number of benzene rings is 1. The zero-order chi connectivity index (χ0) is 10.9. The van der Waals surface area contributed by atoms with Crippen molar-refractivity contribution >= 4 is 0 Å². The number of hydrogen-bond donors (Lipinski definition) is 1. The molecular formula is C12H16FNO. The molecule has 3 heteroatoms. The molecule has 1 aromatic rings. The van der Waals surface area contributed by atoms with Crippen LogP contribution in [0.1, 0.15) is 31.2 Å². The predicted octanol–water partition coefficient (Wildman–Crippen LogP) is 2.56. The molecule has 2 N–H and O–H groups in total. The average Bonchev–Trinajstić information content (AvgIpc) is 2.66. The minimum Gasteiger partial charge on any atom is -0.494 e. The van der Waals surface area contributed by atoms with Crippen molar-refractivity contribution in [1.29, 1.82) is 0 Å². The summed E-state index contributed by atoms with van der Waals surface area (Å²) in [6.45, 7) is 0. The van der Waals surface area contributed by atoms with E-state index in [0.717, 1.165) is 25.7 Å². The summed E-state index contributed by atoms with van der Waals surface area (Å²) in [6, 6.07) is 5.19. The van der Waals surface area contributed by atoms with Gasteiger partial charge in [-0.05, 0) is 18.9 Å². The third-order valence-corrected chi connectivity index (χ3v) is 3.22. The molecule has 1 fully saturated rings. The molecule has 1 aromatic carbocycles. The Hall–Kier alpha value is -1.09. The van der Waals surface area contributed by atoms with Crippen LogP contribution < -0.4 is 10.5 Å². The summed E-state index contributed by atoms with van der Waals surface area (Å²) in [5.74, 6) is -0.0198. The molecule has 1 saturated carbocycles. The predicted molar refractivity (Wildman–Crippen MR) is 57.3 cm³/mol. The molecule has 0 spiro atoms.